The topological polar surface area (TPSA) is 84.2 Å². The number of hydrogen-bond acceptors (Lipinski definition) is 3. The number of amides is 1. The summed E-state index contributed by atoms with van der Waals surface area (Å²) in [6, 6.07) is -0.545. The molecule has 1 amide bonds. The Kier molecular flexibility index (Phi) is 3.79. The van der Waals surface area contributed by atoms with Crippen molar-refractivity contribution in [3.8, 4) is 0 Å². The standard InChI is InChI=1S/C12H19N3O3/c1-7-9(11(17)18)6-15(14-7)8(2)10(16)13-12(3,4)5/h6,8H,1-5H3,(H,13,16)(H,17,18). The van der Waals surface area contributed by atoms with Crippen LogP contribution in [-0.4, -0.2) is 32.3 Å². The molecular weight excluding hydrogens is 234 g/mol. The second-order valence-electron chi connectivity index (χ2n) is 5.33. The van der Waals surface area contributed by atoms with Crippen LogP contribution in [0.2, 0.25) is 0 Å². The molecule has 100 valence electrons. The molecule has 1 atom stereocenters. The Morgan fingerprint density at radius 1 is 1.44 bits per heavy atom. The summed E-state index contributed by atoms with van der Waals surface area (Å²) in [6.45, 7) is 8.94. The summed E-state index contributed by atoms with van der Waals surface area (Å²) >= 11 is 0. The molecule has 0 saturated carbocycles. The van der Waals surface area contributed by atoms with Crippen molar-refractivity contribution in [1.82, 2.24) is 15.1 Å². The van der Waals surface area contributed by atoms with Crippen LogP contribution in [-0.2, 0) is 4.79 Å². The number of aromatic nitrogens is 2. The first-order valence-corrected chi connectivity index (χ1v) is 5.73. The van der Waals surface area contributed by atoms with Gasteiger partial charge in [-0.2, -0.15) is 5.10 Å². The van der Waals surface area contributed by atoms with Crippen LogP contribution in [0, 0.1) is 6.92 Å². The first kappa shape index (κ1) is 14.2. The third kappa shape index (κ3) is 3.32. The van der Waals surface area contributed by atoms with Crippen LogP contribution < -0.4 is 5.32 Å². The van der Waals surface area contributed by atoms with Gasteiger partial charge in [0.1, 0.15) is 11.6 Å². The maximum atomic E-state index is 11.9. The summed E-state index contributed by atoms with van der Waals surface area (Å²) in [5.74, 6) is -1.23. The number of aromatic carboxylic acids is 1. The molecule has 0 aliphatic heterocycles. The zero-order valence-corrected chi connectivity index (χ0v) is 11.3. The molecule has 1 aromatic heterocycles. The van der Waals surface area contributed by atoms with Gasteiger partial charge in [0.15, 0.2) is 0 Å². The zero-order valence-electron chi connectivity index (χ0n) is 11.3. The molecule has 2 N–H and O–H groups in total. The average Bonchev–Trinajstić information content (AvgIpc) is 2.56. The number of carbonyl (C=O) groups is 2. The Hall–Kier alpha value is -1.85. The second kappa shape index (κ2) is 4.80. The lowest BCUT2D eigenvalue weighted by atomic mass is 10.1. The SMILES string of the molecule is Cc1nn(C(C)C(=O)NC(C)(C)C)cc1C(=O)O. The molecular formula is C12H19N3O3. The molecule has 0 bridgehead atoms. The minimum atomic E-state index is -1.04. The van der Waals surface area contributed by atoms with Gasteiger partial charge in [0.05, 0.1) is 5.69 Å². The highest BCUT2D eigenvalue weighted by Crippen LogP contribution is 2.12. The summed E-state index contributed by atoms with van der Waals surface area (Å²) in [5, 5.41) is 15.8. The maximum Gasteiger partial charge on any atom is 0.339 e. The van der Waals surface area contributed by atoms with Gasteiger partial charge in [-0.25, -0.2) is 4.79 Å². The highest BCUT2D eigenvalue weighted by atomic mass is 16.4. The fraction of sp³-hybridized carbons (Fsp3) is 0.583. The number of nitrogens with zero attached hydrogens (tertiary/aromatic N) is 2. The smallest absolute Gasteiger partial charge is 0.339 e. The molecule has 1 aromatic rings. The van der Waals surface area contributed by atoms with Crippen LogP contribution in [0.3, 0.4) is 0 Å². The summed E-state index contributed by atoms with van der Waals surface area (Å²) < 4.78 is 1.37. The van der Waals surface area contributed by atoms with Crippen molar-refractivity contribution in [2.75, 3.05) is 0 Å². The molecule has 0 fully saturated rings. The first-order chi connectivity index (χ1) is 8.11. The Balaban J connectivity index is 2.91. The summed E-state index contributed by atoms with van der Waals surface area (Å²) in [6.07, 6.45) is 1.38. The number of carboxylic acids is 1. The maximum absolute atomic E-state index is 11.9. The van der Waals surface area contributed by atoms with Gasteiger partial charge in [-0.3, -0.25) is 9.48 Å². The molecule has 0 aliphatic rings. The van der Waals surface area contributed by atoms with Gasteiger partial charge in [-0.1, -0.05) is 0 Å². The lowest BCUT2D eigenvalue weighted by Crippen LogP contribution is -2.43. The number of carboxylic acid groups (broad SMARTS) is 1. The first-order valence-electron chi connectivity index (χ1n) is 5.73. The van der Waals surface area contributed by atoms with Gasteiger partial charge >= 0.3 is 5.97 Å². The molecule has 6 heteroatoms. The van der Waals surface area contributed by atoms with Gasteiger partial charge in [-0.05, 0) is 34.6 Å². The molecule has 0 saturated heterocycles. The highest BCUT2D eigenvalue weighted by Gasteiger charge is 2.23. The van der Waals surface area contributed by atoms with Gasteiger partial charge in [0.2, 0.25) is 5.91 Å². The monoisotopic (exact) mass is 253 g/mol. The number of hydrogen-bond donors (Lipinski definition) is 2. The third-order valence-electron chi connectivity index (χ3n) is 2.42. The Labute approximate surface area is 106 Å². The van der Waals surface area contributed by atoms with Crippen molar-refractivity contribution >= 4 is 11.9 Å². The van der Waals surface area contributed by atoms with E-state index in [0.717, 1.165) is 0 Å². The predicted octanol–water partition coefficient (Wildman–Crippen LogP) is 1.37. The predicted molar refractivity (Wildman–Crippen MR) is 66.5 cm³/mol. The second-order valence-corrected chi connectivity index (χ2v) is 5.33. The van der Waals surface area contributed by atoms with E-state index in [1.807, 2.05) is 20.8 Å². The quantitative estimate of drug-likeness (QED) is 0.852. The minimum Gasteiger partial charge on any atom is -0.478 e. The minimum absolute atomic E-state index is 0.116. The van der Waals surface area contributed by atoms with Crippen molar-refractivity contribution in [3.05, 3.63) is 17.5 Å². The van der Waals surface area contributed by atoms with Crippen LogP contribution in [0.4, 0.5) is 0 Å². The van der Waals surface area contributed by atoms with E-state index in [9.17, 15) is 9.59 Å². The van der Waals surface area contributed by atoms with E-state index < -0.39 is 12.0 Å². The van der Waals surface area contributed by atoms with Crippen LogP contribution in [0.15, 0.2) is 6.20 Å². The summed E-state index contributed by atoms with van der Waals surface area (Å²) in [7, 11) is 0. The number of carbonyl (C=O) groups excluding carboxylic acids is 1. The van der Waals surface area contributed by atoms with Crippen molar-refractivity contribution in [1.29, 1.82) is 0 Å². The zero-order chi connectivity index (χ0) is 14.1. The normalized spacial score (nSPS) is 13.2. The van der Waals surface area contributed by atoms with Crippen LogP contribution in [0.5, 0.6) is 0 Å². The summed E-state index contributed by atoms with van der Waals surface area (Å²) in [4.78, 5) is 22.8. The molecule has 0 spiro atoms. The lowest BCUT2D eigenvalue weighted by molar-refractivity contribution is -0.125. The third-order valence-corrected chi connectivity index (χ3v) is 2.42. The number of aryl methyl sites for hydroxylation is 1. The Morgan fingerprint density at radius 2 is 2.00 bits per heavy atom. The molecule has 0 aromatic carbocycles. The average molecular weight is 253 g/mol. The van der Waals surface area contributed by atoms with Crippen LogP contribution >= 0.6 is 0 Å². The Bertz CT molecular complexity index is 471. The van der Waals surface area contributed by atoms with E-state index in [1.54, 1.807) is 13.8 Å². The molecule has 0 radical (unpaired) electrons. The molecule has 1 unspecified atom stereocenters. The van der Waals surface area contributed by atoms with Crippen molar-refractivity contribution in [2.24, 2.45) is 0 Å². The fourth-order valence-corrected chi connectivity index (χ4v) is 1.48. The van der Waals surface area contributed by atoms with Crippen molar-refractivity contribution in [3.63, 3.8) is 0 Å². The highest BCUT2D eigenvalue weighted by molar-refractivity contribution is 5.88. The fourth-order valence-electron chi connectivity index (χ4n) is 1.48. The van der Waals surface area contributed by atoms with Gasteiger partial charge in [-0.15, -0.1) is 0 Å². The molecule has 0 aliphatic carbocycles. The van der Waals surface area contributed by atoms with E-state index in [2.05, 4.69) is 10.4 Å². The van der Waals surface area contributed by atoms with Gasteiger partial charge in [0, 0.05) is 11.7 Å². The van der Waals surface area contributed by atoms with Crippen molar-refractivity contribution < 1.29 is 14.7 Å². The van der Waals surface area contributed by atoms with Gasteiger partial charge in [0.25, 0.3) is 0 Å². The summed E-state index contributed by atoms with van der Waals surface area (Å²) in [5.41, 5.74) is 0.187. The molecule has 1 heterocycles. The molecule has 1 rings (SSSR count). The lowest BCUT2D eigenvalue weighted by Gasteiger charge is -2.23. The van der Waals surface area contributed by atoms with E-state index in [-0.39, 0.29) is 17.0 Å². The van der Waals surface area contributed by atoms with Crippen molar-refractivity contribution in [2.45, 2.75) is 46.2 Å². The van der Waals surface area contributed by atoms with E-state index in [4.69, 9.17) is 5.11 Å². The molecule has 18 heavy (non-hydrogen) atoms. The van der Waals surface area contributed by atoms with Crippen LogP contribution in [0.25, 0.3) is 0 Å². The van der Waals surface area contributed by atoms with Gasteiger partial charge < -0.3 is 10.4 Å². The molecule has 6 nitrogen and oxygen atoms in total. The number of rotatable bonds is 3. The van der Waals surface area contributed by atoms with E-state index in [0.29, 0.717) is 5.69 Å². The Morgan fingerprint density at radius 3 is 2.39 bits per heavy atom. The van der Waals surface area contributed by atoms with E-state index >= 15 is 0 Å². The number of nitrogens with one attached hydrogen (secondary N) is 1. The van der Waals surface area contributed by atoms with E-state index in [1.165, 1.54) is 10.9 Å². The largest absolute Gasteiger partial charge is 0.478 e. The van der Waals surface area contributed by atoms with Crippen LogP contribution in [0.1, 0.15) is 49.8 Å².